The lowest BCUT2D eigenvalue weighted by molar-refractivity contribution is -0.151. The highest BCUT2D eigenvalue weighted by atomic mass is 32.2. The second-order valence-electron chi connectivity index (χ2n) is 14.9. The number of ketones is 1. The van der Waals surface area contributed by atoms with Crippen molar-refractivity contribution in [2.24, 2.45) is 28.4 Å². The van der Waals surface area contributed by atoms with Gasteiger partial charge in [-0.05, 0) is 54.1 Å². The van der Waals surface area contributed by atoms with Gasteiger partial charge in [-0.2, -0.15) is 11.8 Å². The second-order valence-corrected chi connectivity index (χ2v) is 16.2. The Kier molecular flexibility index (Phi) is 11.6. The highest BCUT2D eigenvalue weighted by Crippen LogP contribution is 2.40. The maximum absolute atomic E-state index is 14.4. The van der Waals surface area contributed by atoms with Crippen LogP contribution in [0.25, 0.3) is 0 Å². The first-order valence-corrected chi connectivity index (χ1v) is 17.3. The van der Waals surface area contributed by atoms with Crippen LogP contribution >= 0.6 is 11.8 Å². The Balaban J connectivity index is 1.84. The zero-order chi connectivity index (χ0) is 32.2. The van der Waals surface area contributed by atoms with Gasteiger partial charge in [-0.15, -0.1) is 0 Å². The van der Waals surface area contributed by atoms with Crippen LogP contribution in [0, 0.1) is 22.7 Å². The van der Waals surface area contributed by atoms with Gasteiger partial charge in [-0.25, -0.2) is 4.79 Å². The summed E-state index contributed by atoms with van der Waals surface area (Å²) in [6.07, 6.45) is 7.72. The van der Waals surface area contributed by atoms with Gasteiger partial charge in [0, 0.05) is 12.3 Å². The van der Waals surface area contributed by atoms with Gasteiger partial charge in [0.2, 0.25) is 17.6 Å². The zero-order valence-corrected chi connectivity index (χ0v) is 28.2. The van der Waals surface area contributed by atoms with E-state index < -0.39 is 41.1 Å². The molecule has 3 rings (SSSR count). The minimum atomic E-state index is -1.08. The summed E-state index contributed by atoms with van der Waals surface area (Å²) in [6.45, 7) is 14.4. The number of nitrogens with two attached hydrogens (primary N) is 1. The predicted molar refractivity (Wildman–Crippen MR) is 170 cm³/mol. The molecule has 0 bridgehead atoms. The maximum Gasteiger partial charge on any atom is 0.315 e. The van der Waals surface area contributed by atoms with E-state index in [1.54, 1.807) is 4.90 Å². The summed E-state index contributed by atoms with van der Waals surface area (Å²) in [5, 5.41) is 9.05. The lowest BCUT2D eigenvalue weighted by Gasteiger charge is -2.49. The van der Waals surface area contributed by atoms with Crippen molar-refractivity contribution in [2.75, 3.05) is 18.1 Å². The van der Waals surface area contributed by atoms with Crippen LogP contribution in [0.1, 0.15) is 106 Å². The summed E-state index contributed by atoms with van der Waals surface area (Å²) in [4.78, 5) is 67.7. The van der Waals surface area contributed by atoms with E-state index in [-0.39, 0.29) is 34.7 Å². The largest absolute Gasteiger partial charge is 0.363 e. The third kappa shape index (κ3) is 9.35. The summed E-state index contributed by atoms with van der Waals surface area (Å²) in [5.74, 6) is -0.537. The van der Waals surface area contributed by atoms with E-state index in [9.17, 15) is 24.0 Å². The Bertz CT molecular complexity index is 1050. The summed E-state index contributed by atoms with van der Waals surface area (Å²) in [5.41, 5.74) is 4.11. The molecule has 5 amide bonds. The molecule has 1 aliphatic heterocycles. The van der Waals surface area contributed by atoms with Crippen molar-refractivity contribution in [3.8, 4) is 0 Å². The van der Waals surface area contributed by atoms with Gasteiger partial charge in [-0.3, -0.25) is 19.2 Å². The molecular formula is C32H55N5O5S. The number of urea groups is 1. The normalized spacial score (nSPS) is 24.8. The van der Waals surface area contributed by atoms with Gasteiger partial charge in [0.15, 0.2) is 0 Å². The zero-order valence-electron chi connectivity index (χ0n) is 27.3. The number of nitrogens with one attached hydrogen (secondary N) is 3. The van der Waals surface area contributed by atoms with Crippen LogP contribution in [0.2, 0.25) is 0 Å². The molecule has 244 valence electrons. The van der Waals surface area contributed by atoms with Crippen molar-refractivity contribution in [3.05, 3.63) is 0 Å². The fourth-order valence-electron chi connectivity index (χ4n) is 6.37. The molecule has 1 saturated heterocycles. The van der Waals surface area contributed by atoms with E-state index >= 15 is 0 Å². The van der Waals surface area contributed by atoms with Crippen LogP contribution < -0.4 is 21.7 Å². The molecule has 3 fully saturated rings. The third-order valence-electron chi connectivity index (χ3n) is 9.79. The topological polar surface area (TPSA) is 151 Å². The Morgan fingerprint density at radius 2 is 1.65 bits per heavy atom. The summed E-state index contributed by atoms with van der Waals surface area (Å²) < 4.78 is 0. The molecule has 43 heavy (non-hydrogen) atoms. The van der Waals surface area contributed by atoms with E-state index in [0.29, 0.717) is 19.4 Å². The number of carbonyl (C=O) groups is 5. The summed E-state index contributed by atoms with van der Waals surface area (Å²) in [7, 11) is 0. The van der Waals surface area contributed by atoms with Gasteiger partial charge in [-0.1, -0.05) is 80.6 Å². The number of hydrogen-bond donors (Lipinski definition) is 4. The Morgan fingerprint density at radius 3 is 2.19 bits per heavy atom. The van der Waals surface area contributed by atoms with Crippen molar-refractivity contribution < 1.29 is 24.0 Å². The molecule has 3 aliphatic rings. The third-order valence-corrected chi connectivity index (χ3v) is 11.0. The smallest absolute Gasteiger partial charge is 0.315 e. The van der Waals surface area contributed by atoms with E-state index in [1.807, 2.05) is 32.5 Å². The monoisotopic (exact) mass is 621 g/mol. The molecule has 0 aromatic rings. The van der Waals surface area contributed by atoms with Crippen LogP contribution in [0.15, 0.2) is 0 Å². The molecule has 0 spiro atoms. The Hall–Kier alpha value is -2.30. The molecule has 0 radical (unpaired) electrons. The molecule has 11 heteroatoms. The molecule has 2 aliphatic carbocycles. The molecule has 2 unspecified atom stereocenters. The number of rotatable bonds is 12. The molecule has 0 aromatic carbocycles. The number of primary amides is 1. The Labute approximate surface area is 262 Å². The number of Topliss-reactive ketones (excluding diaryl/α,β-unsaturated/α-hetero) is 1. The fraction of sp³-hybridized carbons (Fsp3) is 0.844. The molecule has 4 atom stereocenters. The van der Waals surface area contributed by atoms with Crippen LogP contribution in [0.3, 0.4) is 0 Å². The predicted octanol–water partition coefficient (Wildman–Crippen LogP) is 3.76. The van der Waals surface area contributed by atoms with Crippen LogP contribution in [0.5, 0.6) is 0 Å². The number of likely N-dealkylation sites (tertiary alicyclic amines) is 1. The minimum absolute atomic E-state index is 0.0843. The lowest BCUT2D eigenvalue weighted by Crippen LogP contribution is -2.66. The van der Waals surface area contributed by atoms with Gasteiger partial charge >= 0.3 is 6.03 Å². The van der Waals surface area contributed by atoms with Gasteiger partial charge < -0.3 is 26.6 Å². The van der Waals surface area contributed by atoms with Crippen molar-refractivity contribution in [1.29, 1.82) is 0 Å². The van der Waals surface area contributed by atoms with E-state index in [0.717, 1.165) is 56.5 Å². The number of carbonyl (C=O) groups excluding carboxylic acids is 5. The lowest BCUT2D eigenvalue weighted by atomic mass is 9.71. The highest BCUT2D eigenvalue weighted by Gasteiger charge is 2.48. The quantitative estimate of drug-likeness (QED) is 0.244. The molecule has 2 saturated carbocycles. The number of hydrogen-bond acceptors (Lipinski definition) is 6. The molecular weight excluding hydrogens is 566 g/mol. The maximum atomic E-state index is 14.4. The fourth-order valence-corrected chi connectivity index (χ4v) is 7.32. The first-order chi connectivity index (χ1) is 20.0. The van der Waals surface area contributed by atoms with Crippen molar-refractivity contribution in [3.63, 3.8) is 0 Å². The standard InChI is InChI=1S/C32H55N5O5S/c1-8-43-19-32(14-10-9-11-15-32)36-29(42)35-25(30(3,4)5)28(41)37-18-20(2)31(6,7)17-23(37)27(40)34-22(16-21-12-13-21)24(38)26(33)39/h20-23,25H,8-19H2,1-7H3,(H2,33,39)(H,34,40)(H2,35,36,42)/t20?,22?,23-,25+/m0/s1. The first kappa shape index (κ1) is 35.2. The molecule has 1 heterocycles. The van der Waals surface area contributed by atoms with Crippen LogP contribution in [0.4, 0.5) is 4.79 Å². The van der Waals surface area contributed by atoms with Crippen LogP contribution in [-0.2, 0) is 19.2 Å². The van der Waals surface area contributed by atoms with Gasteiger partial charge in [0.05, 0.1) is 11.6 Å². The first-order valence-electron chi connectivity index (χ1n) is 16.1. The number of nitrogens with zero attached hydrogens (tertiary/aromatic N) is 1. The Morgan fingerprint density at radius 1 is 1.02 bits per heavy atom. The van der Waals surface area contributed by atoms with E-state index in [2.05, 4.69) is 43.6 Å². The molecule has 10 nitrogen and oxygen atoms in total. The van der Waals surface area contributed by atoms with Gasteiger partial charge in [0.25, 0.3) is 5.91 Å². The van der Waals surface area contributed by atoms with Crippen molar-refractivity contribution >= 4 is 41.3 Å². The number of piperidine rings is 1. The number of amides is 5. The molecule has 5 N–H and O–H groups in total. The average Bonchev–Trinajstić information content (AvgIpc) is 3.74. The second kappa shape index (κ2) is 14.2. The van der Waals surface area contributed by atoms with Crippen molar-refractivity contribution in [1.82, 2.24) is 20.9 Å². The molecule has 0 aromatic heterocycles. The number of thioether (sulfide) groups is 1. The van der Waals surface area contributed by atoms with Gasteiger partial charge in [0.1, 0.15) is 12.1 Å². The average molecular weight is 622 g/mol. The van der Waals surface area contributed by atoms with E-state index in [4.69, 9.17) is 5.73 Å². The highest BCUT2D eigenvalue weighted by molar-refractivity contribution is 7.99. The minimum Gasteiger partial charge on any atom is -0.363 e. The van der Waals surface area contributed by atoms with Crippen molar-refractivity contribution in [2.45, 2.75) is 130 Å². The van der Waals surface area contributed by atoms with E-state index in [1.165, 1.54) is 0 Å². The summed E-state index contributed by atoms with van der Waals surface area (Å²) >= 11 is 1.81. The SMILES string of the molecule is CCSCC1(NC(=O)N[C@H](C(=O)N2CC(C)C(C)(C)C[C@H]2C(=O)NC(CC2CC2)C(=O)C(N)=O)C(C)(C)C)CCCCC1. The summed E-state index contributed by atoms with van der Waals surface area (Å²) in [6, 6.07) is -3.12. The van der Waals surface area contributed by atoms with Crippen LogP contribution in [-0.4, -0.2) is 76.2 Å².